The molecule has 2 N–H and O–H groups in total. The van der Waals surface area contributed by atoms with Gasteiger partial charge in [0.05, 0.1) is 6.61 Å². The number of rotatable bonds is 6. The predicted molar refractivity (Wildman–Crippen MR) is 80.9 cm³/mol. The number of hydrogen-bond acceptors (Lipinski definition) is 4. The monoisotopic (exact) mass is 303 g/mol. The molecular formula is C17H18FNO3. The highest BCUT2D eigenvalue weighted by Crippen LogP contribution is 2.35. The van der Waals surface area contributed by atoms with E-state index in [0.717, 1.165) is 17.1 Å². The summed E-state index contributed by atoms with van der Waals surface area (Å²) in [5, 5.41) is 0. The van der Waals surface area contributed by atoms with Gasteiger partial charge in [-0.05, 0) is 48.7 Å². The van der Waals surface area contributed by atoms with Crippen LogP contribution in [-0.2, 0) is 0 Å². The van der Waals surface area contributed by atoms with E-state index >= 15 is 0 Å². The van der Waals surface area contributed by atoms with Crippen LogP contribution >= 0.6 is 0 Å². The van der Waals surface area contributed by atoms with Crippen LogP contribution in [0.25, 0.3) is 0 Å². The average molecular weight is 303 g/mol. The van der Waals surface area contributed by atoms with Gasteiger partial charge in [0.2, 0.25) is 6.79 Å². The quantitative estimate of drug-likeness (QED) is 0.891. The van der Waals surface area contributed by atoms with Crippen LogP contribution in [0.5, 0.6) is 17.2 Å². The number of nitrogens with two attached hydrogens (primary N) is 1. The fraction of sp³-hybridized carbons (Fsp3) is 0.294. The predicted octanol–water partition coefficient (Wildman–Crippen LogP) is 3.07. The van der Waals surface area contributed by atoms with E-state index in [4.69, 9.17) is 19.9 Å². The molecule has 0 spiro atoms. The van der Waals surface area contributed by atoms with Crippen molar-refractivity contribution in [1.29, 1.82) is 0 Å². The largest absolute Gasteiger partial charge is 0.490 e. The molecule has 1 atom stereocenters. The molecule has 0 radical (unpaired) electrons. The fourth-order valence-corrected chi connectivity index (χ4v) is 2.46. The van der Waals surface area contributed by atoms with Crippen LogP contribution in [0.1, 0.15) is 17.9 Å². The Bertz CT molecular complexity index is 648. The summed E-state index contributed by atoms with van der Waals surface area (Å²) >= 11 is 0. The fourth-order valence-electron chi connectivity index (χ4n) is 2.46. The van der Waals surface area contributed by atoms with Crippen molar-refractivity contribution in [2.45, 2.75) is 12.3 Å². The molecule has 116 valence electrons. The molecular weight excluding hydrogens is 285 g/mol. The van der Waals surface area contributed by atoms with E-state index < -0.39 is 0 Å². The van der Waals surface area contributed by atoms with Crippen molar-refractivity contribution >= 4 is 0 Å². The van der Waals surface area contributed by atoms with Gasteiger partial charge in [0.1, 0.15) is 0 Å². The van der Waals surface area contributed by atoms with Gasteiger partial charge in [-0.2, -0.15) is 0 Å². The Morgan fingerprint density at radius 2 is 1.95 bits per heavy atom. The molecule has 1 aliphatic rings. The molecule has 0 aromatic heterocycles. The highest BCUT2D eigenvalue weighted by molar-refractivity contribution is 5.45. The number of hydrogen-bond donors (Lipinski definition) is 1. The first kappa shape index (κ1) is 14.7. The first-order valence-electron chi connectivity index (χ1n) is 7.25. The van der Waals surface area contributed by atoms with Crippen LogP contribution in [0.3, 0.4) is 0 Å². The third-order valence-corrected chi connectivity index (χ3v) is 3.71. The number of halogens is 1. The van der Waals surface area contributed by atoms with E-state index in [1.807, 2.05) is 18.2 Å². The zero-order chi connectivity index (χ0) is 15.4. The molecule has 22 heavy (non-hydrogen) atoms. The van der Waals surface area contributed by atoms with Gasteiger partial charge in [-0.25, -0.2) is 4.39 Å². The Morgan fingerprint density at radius 1 is 1.14 bits per heavy atom. The maximum atomic E-state index is 13.5. The summed E-state index contributed by atoms with van der Waals surface area (Å²) in [6, 6.07) is 12.2. The Balaban J connectivity index is 1.61. The minimum absolute atomic E-state index is 0.126. The third kappa shape index (κ3) is 3.14. The van der Waals surface area contributed by atoms with Gasteiger partial charge >= 0.3 is 0 Å². The van der Waals surface area contributed by atoms with Crippen LogP contribution in [0.2, 0.25) is 0 Å². The lowest BCUT2D eigenvalue weighted by molar-refractivity contribution is 0.174. The third-order valence-electron chi connectivity index (χ3n) is 3.71. The highest BCUT2D eigenvalue weighted by Gasteiger charge is 2.17. The van der Waals surface area contributed by atoms with E-state index in [2.05, 4.69) is 0 Å². The summed E-state index contributed by atoms with van der Waals surface area (Å²) in [5.41, 5.74) is 6.93. The molecule has 1 unspecified atom stereocenters. The molecule has 1 heterocycles. The molecule has 0 saturated carbocycles. The van der Waals surface area contributed by atoms with Gasteiger partial charge in [-0.3, -0.25) is 0 Å². The van der Waals surface area contributed by atoms with E-state index in [0.29, 0.717) is 19.6 Å². The Morgan fingerprint density at radius 3 is 2.77 bits per heavy atom. The summed E-state index contributed by atoms with van der Waals surface area (Å²) in [6.45, 7) is 1.14. The molecule has 2 aromatic rings. The van der Waals surface area contributed by atoms with E-state index in [1.54, 1.807) is 18.2 Å². The zero-order valence-corrected chi connectivity index (χ0v) is 12.1. The lowest BCUT2D eigenvalue weighted by Crippen LogP contribution is -2.15. The second-order valence-electron chi connectivity index (χ2n) is 5.11. The Kier molecular flexibility index (Phi) is 4.44. The molecule has 0 fully saturated rings. The zero-order valence-electron chi connectivity index (χ0n) is 12.1. The van der Waals surface area contributed by atoms with Crippen LogP contribution < -0.4 is 19.9 Å². The van der Waals surface area contributed by atoms with Crippen molar-refractivity contribution in [1.82, 2.24) is 0 Å². The van der Waals surface area contributed by atoms with Crippen LogP contribution in [0.15, 0.2) is 42.5 Å². The van der Waals surface area contributed by atoms with Crippen LogP contribution in [0.4, 0.5) is 4.39 Å². The molecule has 1 aliphatic heterocycles. The minimum Gasteiger partial charge on any atom is -0.490 e. The topological polar surface area (TPSA) is 53.7 Å². The van der Waals surface area contributed by atoms with Gasteiger partial charge in [-0.15, -0.1) is 0 Å². The van der Waals surface area contributed by atoms with Crippen molar-refractivity contribution in [3.8, 4) is 17.2 Å². The second kappa shape index (κ2) is 6.66. The normalized spacial score (nSPS) is 13.9. The number of fused-ring (bicyclic) bond motifs is 1. The molecule has 2 aromatic carbocycles. The summed E-state index contributed by atoms with van der Waals surface area (Å²) in [4.78, 5) is 0. The van der Waals surface area contributed by atoms with Gasteiger partial charge in [-0.1, -0.05) is 18.2 Å². The van der Waals surface area contributed by atoms with Crippen molar-refractivity contribution in [3.63, 3.8) is 0 Å². The molecule has 0 aliphatic carbocycles. The number of benzene rings is 2. The summed E-state index contributed by atoms with van der Waals surface area (Å²) in [6.07, 6.45) is 0.699. The minimum atomic E-state index is -0.352. The number of ether oxygens (including phenoxy) is 3. The molecule has 0 saturated heterocycles. The van der Waals surface area contributed by atoms with E-state index in [9.17, 15) is 4.39 Å². The smallest absolute Gasteiger partial charge is 0.231 e. The first-order chi connectivity index (χ1) is 10.8. The van der Waals surface area contributed by atoms with Crippen LogP contribution in [-0.4, -0.2) is 19.9 Å². The van der Waals surface area contributed by atoms with Gasteiger partial charge < -0.3 is 19.9 Å². The van der Waals surface area contributed by atoms with E-state index in [1.165, 1.54) is 6.07 Å². The average Bonchev–Trinajstić information content (AvgIpc) is 3.01. The Labute approximate surface area is 128 Å². The summed E-state index contributed by atoms with van der Waals surface area (Å²) in [7, 11) is 0. The lowest BCUT2D eigenvalue weighted by atomic mass is 9.96. The van der Waals surface area contributed by atoms with Gasteiger partial charge in [0, 0.05) is 0 Å². The maximum absolute atomic E-state index is 13.5. The van der Waals surface area contributed by atoms with E-state index in [-0.39, 0.29) is 24.3 Å². The highest BCUT2D eigenvalue weighted by atomic mass is 19.1. The molecule has 3 rings (SSSR count). The summed E-state index contributed by atoms with van der Waals surface area (Å²) in [5.74, 6) is 1.54. The second-order valence-corrected chi connectivity index (χ2v) is 5.11. The summed E-state index contributed by atoms with van der Waals surface area (Å²) < 4.78 is 29.7. The van der Waals surface area contributed by atoms with Crippen molar-refractivity contribution in [2.75, 3.05) is 19.9 Å². The van der Waals surface area contributed by atoms with Crippen molar-refractivity contribution in [3.05, 3.63) is 53.8 Å². The lowest BCUT2D eigenvalue weighted by Gasteiger charge is -2.16. The van der Waals surface area contributed by atoms with Gasteiger partial charge in [0.25, 0.3) is 0 Å². The van der Waals surface area contributed by atoms with Gasteiger partial charge in [0.15, 0.2) is 23.1 Å². The standard InChI is InChI=1S/C17H18FNO3/c18-14-3-1-2-4-15(14)20-8-7-13(10-19)12-5-6-16-17(9-12)22-11-21-16/h1-6,9,13H,7-8,10-11,19H2. The van der Waals surface area contributed by atoms with Crippen LogP contribution in [0, 0.1) is 5.82 Å². The SMILES string of the molecule is NCC(CCOc1ccccc1F)c1ccc2c(c1)OCO2. The number of para-hydroxylation sites is 1. The molecule has 4 nitrogen and oxygen atoms in total. The molecule has 0 amide bonds. The maximum Gasteiger partial charge on any atom is 0.231 e. The Hall–Kier alpha value is -2.27. The first-order valence-corrected chi connectivity index (χ1v) is 7.25. The molecule has 5 heteroatoms. The van der Waals surface area contributed by atoms with Crippen molar-refractivity contribution in [2.24, 2.45) is 5.73 Å². The molecule has 0 bridgehead atoms. The van der Waals surface area contributed by atoms with Crippen molar-refractivity contribution < 1.29 is 18.6 Å².